The molecular weight excluding hydrogens is 276 g/mol. The Morgan fingerprint density at radius 2 is 1.62 bits per heavy atom. The molecule has 0 spiro atoms. The molecule has 0 N–H and O–H groups in total. The van der Waals surface area contributed by atoms with Gasteiger partial charge in [-0.2, -0.15) is 0 Å². The monoisotopic (exact) mass is 292 g/mol. The van der Waals surface area contributed by atoms with Crippen LogP contribution in [0.1, 0.15) is 20.8 Å². The molecular formula is C11H17BrO4. The maximum atomic E-state index is 11.6. The van der Waals surface area contributed by atoms with Crippen molar-refractivity contribution in [2.45, 2.75) is 25.6 Å². The highest BCUT2D eigenvalue weighted by Crippen LogP contribution is 2.18. The van der Waals surface area contributed by atoms with Crippen LogP contribution in [0.4, 0.5) is 0 Å². The second kappa shape index (κ2) is 8.33. The smallest absolute Gasteiger partial charge is 0.321 e. The summed E-state index contributed by atoms with van der Waals surface area (Å²) in [7, 11) is 0. The fraction of sp³-hybridized carbons (Fsp3) is 0.636. The van der Waals surface area contributed by atoms with Crippen molar-refractivity contribution < 1.29 is 19.1 Å². The quantitative estimate of drug-likeness (QED) is 0.325. The molecule has 0 aromatic carbocycles. The Morgan fingerprint density at radius 3 is 1.94 bits per heavy atom. The third kappa shape index (κ3) is 4.79. The molecule has 0 aliphatic rings. The lowest BCUT2D eigenvalue weighted by Gasteiger charge is -2.16. The molecule has 0 saturated carbocycles. The van der Waals surface area contributed by atoms with Gasteiger partial charge in [0, 0.05) is 0 Å². The first-order valence-electron chi connectivity index (χ1n) is 5.18. The van der Waals surface area contributed by atoms with Crippen LogP contribution in [0.15, 0.2) is 12.2 Å². The molecule has 5 heteroatoms. The number of hydrogen-bond donors (Lipinski definition) is 0. The summed E-state index contributed by atoms with van der Waals surface area (Å²) in [6.07, 6.45) is 3.46. The summed E-state index contributed by atoms with van der Waals surface area (Å²) in [6.45, 7) is 5.67. The summed E-state index contributed by atoms with van der Waals surface area (Å²) in [5, 5.41) is 0. The van der Waals surface area contributed by atoms with Crippen LogP contribution in [0.25, 0.3) is 0 Å². The molecule has 1 unspecified atom stereocenters. The van der Waals surface area contributed by atoms with E-state index in [9.17, 15) is 9.59 Å². The third-order valence-corrected chi connectivity index (χ3v) is 2.61. The zero-order chi connectivity index (χ0) is 12.6. The Bertz CT molecular complexity index is 245. The van der Waals surface area contributed by atoms with Crippen molar-refractivity contribution in [2.24, 2.45) is 5.92 Å². The van der Waals surface area contributed by atoms with Crippen molar-refractivity contribution >= 4 is 27.9 Å². The highest BCUT2D eigenvalue weighted by atomic mass is 79.9. The average Bonchev–Trinajstić information content (AvgIpc) is 2.19. The van der Waals surface area contributed by atoms with Gasteiger partial charge in [0.05, 0.1) is 18.0 Å². The van der Waals surface area contributed by atoms with Crippen molar-refractivity contribution in [3.05, 3.63) is 12.2 Å². The third-order valence-electron chi connectivity index (χ3n) is 1.78. The van der Waals surface area contributed by atoms with E-state index in [1.165, 1.54) is 0 Å². The SMILES string of the molecule is CC=CC(Br)C(C(=O)OCC)C(=O)OCC. The highest BCUT2D eigenvalue weighted by Gasteiger charge is 2.34. The van der Waals surface area contributed by atoms with Crippen LogP contribution in [0, 0.1) is 5.92 Å². The largest absolute Gasteiger partial charge is 0.465 e. The summed E-state index contributed by atoms with van der Waals surface area (Å²) in [4.78, 5) is 22.8. The number of alkyl halides is 1. The van der Waals surface area contributed by atoms with Gasteiger partial charge in [0.25, 0.3) is 0 Å². The number of carbonyl (C=O) groups excluding carboxylic acids is 2. The van der Waals surface area contributed by atoms with Crippen molar-refractivity contribution in [1.82, 2.24) is 0 Å². The first kappa shape index (κ1) is 15.2. The van der Waals surface area contributed by atoms with E-state index >= 15 is 0 Å². The Balaban J connectivity index is 4.74. The number of carbonyl (C=O) groups is 2. The van der Waals surface area contributed by atoms with Gasteiger partial charge in [-0.3, -0.25) is 9.59 Å². The van der Waals surface area contributed by atoms with Crippen LogP contribution in [0.5, 0.6) is 0 Å². The number of ether oxygens (including phenoxy) is 2. The summed E-state index contributed by atoms with van der Waals surface area (Å²) in [5.41, 5.74) is 0. The summed E-state index contributed by atoms with van der Waals surface area (Å²) < 4.78 is 9.67. The summed E-state index contributed by atoms with van der Waals surface area (Å²) in [6, 6.07) is 0. The molecule has 0 rings (SSSR count). The van der Waals surface area contributed by atoms with E-state index in [0.717, 1.165) is 0 Å². The number of rotatable bonds is 6. The van der Waals surface area contributed by atoms with E-state index in [1.54, 1.807) is 26.0 Å². The Kier molecular flexibility index (Phi) is 7.89. The van der Waals surface area contributed by atoms with Crippen LogP contribution < -0.4 is 0 Å². The predicted molar refractivity (Wildman–Crippen MR) is 64.3 cm³/mol. The van der Waals surface area contributed by atoms with Crippen molar-refractivity contribution in [1.29, 1.82) is 0 Å². The van der Waals surface area contributed by atoms with E-state index in [-0.39, 0.29) is 13.2 Å². The van der Waals surface area contributed by atoms with Gasteiger partial charge in [0.15, 0.2) is 5.92 Å². The van der Waals surface area contributed by atoms with Crippen molar-refractivity contribution in [3.63, 3.8) is 0 Å². The minimum Gasteiger partial charge on any atom is -0.465 e. The average molecular weight is 293 g/mol. The van der Waals surface area contributed by atoms with Gasteiger partial charge in [-0.25, -0.2) is 0 Å². The van der Waals surface area contributed by atoms with E-state index < -0.39 is 22.7 Å². The van der Waals surface area contributed by atoms with Crippen LogP contribution in [-0.2, 0) is 19.1 Å². The fourth-order valence-electron chi connectivity index (χ4n) is 1.12. The van der Waals surface area contributed by atoms with E-state index in [1.807, 2.05) is 6.92 Å². The first-order chi connectivity index (χ1) is 7.58. The number of hydrogen-bond acceptors (Lipinski definition) is 4. The Morgan fingerprint density at radius 1 is 1.19 bits per heavy atom. The lowest BCUT2D eigenvalue weighted by molar-refractivity contribution is -0.160. The van der Waals surface area contributed by atoms with E-state index in [4.69, 9.17) is 9.47 Å². The molecule has 1 atom stereocenters. The predicted octanol–water partition coefficient (Wildman–Crippen LogP) is 2.07. The molecule has 0 fully saturated rings. The van der Waals surface area contributed by atoms with E-state index in [0.29, 0.717) is 0 Å². The minimum atomic E-state index is -0.948. The van der Waals surface area contributed by atoms with Crippen LogP contribution in [0.2, 0.25) is 0 Å². The van der Waals surface area contributed by atoms with Crippen LogP contribution in [0.3, 0.4) is 0 Å². The van der Waals surface area contributed by atoms with Gasteiger partial charge in [0.1, 0.15) is 0 Å². The molecule has 0 bridgehead atoms. The van der Waals surface area contributed by atoms with Crippen molar-refractivity contribution in [3.8, 4) is 0 Å². The van der Waals surface area contributed by atoms with Gasteiger partial charge >= 0.3 is 11.9 Å². The van der Waals surface area contributed by atoms with Crippen LogP contribution >= 0.6 is 15.9 Å². The lowest BCUT2D eigenvalue weighted by Crippen LogP contribution is -2.34. The number of halogens is 1. The molecule has 0 aliphatic heterocycles. The molecule has 92 valence electrons. The molecule has 0 aliphatic carbocycles. The minimum absolute atomic E-state index is 0.240. The molecule has 0 aromatic heterocycles. The standard InChI is InChI=1S/C11H17BrO4/c1-4-7-8(12)9(10(13)15-5-2)11(14)16-6-3/h4,7-9H,5-6H2,1-3H3. The zero-order valence-electron chi connectivity index (χ0n) is 9.73. The highest BCUT2D eigenvalue weighted by molar-refractivity contribution is 9.09. The summed E-state index contributed by atoms with van der Waals surface area (Å²) in [5.74, 6) is -2.09. The van der Waals surface area contributed by atoms with Gasteiger partial charge in [-0.05, 0) is 20.8 Å². The topological polar surface area (TPSA) is 52.6 Å². The van der Waals surface area contributed by atoms with Gasteiger partial charge in [-0.1, -0.05) is 28.1 Å². The second-order valence-electron chi connectivity index (χ2n) is 2.95. The first-order valence-corrected chi connectivity index (χ1v) is 6.10. The second-order valence-corrected chi connectivity index (χ2v) is 4.01. The molecule has 16 heavy (non-hydrogen) atoms. The molecule has 0 aromatic rings. The van der Waals surface area contributed by atoms with Crippen LogP contribution in [-0.4, -0.2) is 30.0 Å². The van der Waals surface area contributed by atoms with Crippen molar-refractivity contribution in [2.75, 3.05) is 13.2 Å². The molecule has 0 amide bonds. The zero-order valence-corrected chi connectivity index (χ0v) is 11.3. The molecule has 0 saturated heterocycles. The van der Waals surface area contributed by atoms with Gasteiger partial charge in [0.2, 0.25) is 0 Å². The van der Waals surface area contributed by atoms with E-state index in [2.05, 4.69) is 15.9 Å². The fourth-order valence-corrected chi connectivity index (χ4v) is 1.85. The maximum Gasteiger partial charge on any atom is 0.321 e. The lowest BCUT2D eigenvalue weighted by atomic mass is 10.1. The number of esters is 2. The maximum absolute atomic E-state index is 11.6. The number of allylic oxidation sites excluding steroid dienone is 2. The van der Waals surface area contributed by atoms with Gasteiger partial charge in [-0.15, -0.1) is 0 Å². The van der Waals surface area contributed by atoms with Gasteiger partial charge < -0.3 is 9.47 Å². The normalized spacial score (nSPS) is 12.8. The Hall–Kier alpha value is -0.840. The molecule has 4 nitrogen and oxygen atoms in total. The summed E-state index contributed by atoms with van der Waals surface area (Å²) >= 11 is 3.26. The Labute approximate surface area is 104 Å². The molecule has 0 radical (unpaired) electrons. The molecule has 0 heterocycles.